The lowest BCUT2D eigenvalue weighted by Crippen LogP contribution is -2.07. The summed E-state index contributed by atoms with van der Waals surface area (Å²) in [7, 11) is -3.09. The highest BCUT2D eigenvalue weighted by molar-refractivity contribution is 7.92. The second kappa shape index (κ2) is 3.61. The Morgan fingerprint density at radius 1 is 1.27 bits per heavy atom. The van der Waals surface area contributed by atoms with Crippen LogP contribution < -0.4 is 0 Å². The Morgan fingerprint density at radius 3 is 2.20 bits per heavy atom. The molecule has 1 unspecified atom stereocenters. The summed E-state index contributed by atoms with van der Waals surface area (Å²) in [6.45, 7) is 1.66. The van der Waals surface area contributed by atoms with Gasteiger partial charge in [-0.3, -0.25) is 0 Å². The fourth-order valence-corrected chi connectivity index (χ4v) is 3.16. The number of sulfone groups is 1. The quantitative estimate of drug-likeness (QED) is 0.853. The highest BCUT2D eigenvalue weighted by Crippen LogP contribution is 2.33. The zero-order chi connectivity index (χ0) is 11.1. The highest BCUT2D eigenvalue weighted by Gasteiger charge is 2.36. The first-order chi connectivity index (χ1) is 7.01. The number of benzene rings is 1. The first kappa shape index (κ1) is 10.6. The van der Waals surface area contributed by atoms with Gasteiger partial charge in [-0.25, -0.2) is 8.42 Å². The van der Waals surface area contributed by atoms with Crippen LogP contribution in [0.4, 0.5) is 0 Å². The second-order valence-electron chi connectivity index (χ2n) is 3.99. The molecule has 1 atom stereocenters. The van der Waals surface area contributed by atoms with Crippen LogP contribution in [-0.2, 0) is 9.84 Å². The van der Waals surface area contributed by atoms with E-state index >= 15 is 0 Å². The third-order valence-electron chi connectivity index (χ3n) is 2.65. The Morgan fingerprint density at radius 2 is 1.80 bits per heavy atom. The Balaban J connectivity index is 2.31. The van der Waals surface area contributed by atoms with E-state index in [9.17, 15) is 13.5 Å². The van der Waals surface area contributed by atoms with Crippen molar-refractivity contribution in [1.82, 2.24) is 0 Å². The highest BCUT2D eigenvalue weighted by atomic mass is 32.2. The molecule has 1 fully saturated rings. The molecular weight excluding hydrogens is 212 g/mol. The van der Waals surface area contributed by atoms with Crippen molar-refractivity contribution < 1.29 is 13.5 Å². The van der Waals surface area contributed by atoms with E-state index in [4.69, 9.17) is 0 Å². The minimum absolute atomic E-state index is 0.171. The van der Waals surface area contributed by atoms with E-state index in [0.717, 1.165) is 18.4 Å². The normalized spacial score (nSPS) is 18.8. The van der Waals surface area contributed by atoms with Gasteiger partial charge in [-0.15, -0.1) is 0 Å². The molecular formula is C11H14O3S. The molecule has 15 heavy (non-hydrogen) atoms. The summed E-state index contributed by atoms with van der Waals surface area (Å²) in [4.78, 5) is 0.370. The fraction of sp³-hybridized carbons (Fsp3) is 0.455. The minimum Gasteiger partial charge on any atom is -0.389 e. The smallest absolute Gasteiger partial charge is 0.181 e. The summed E-state index contributed by atoms with van der Waals surface area (Å²) >= 11 is 0. The van der Waals surface area contributed by atoms with Gasteiger partial charge in [0.15, 0.2) is 9.84 Å². The predicted molar refractivity (Wildman–Crippen MR) is 57.3 cm³/mol. The summed E-state index contributed by atoms with van der Waals surface area (Å²) in [5.41, 5.74) is 0.741. The molecule has 0 aromatic heterocycles. The summed E-state index contributed by atoms with van der Waals surface area (Å²) < 4.78 is 23.6. The van der Waals surface area contributed by atoms with Crippen molar-refractivity contribution in [2.75, 3.05) is 0 Å². The topological polar surface area (TPSA) is 54.4 Å². The van der Waals surface area contributed by atoms with Gasteiger partial charge in [0.2, 0.25) is 0 Å². The third kappa shape index (κ3) is 2.06. The molecule has 0 bridgehead atoms. The maximum atomic E-state index is 11.8. The third-order valence-corrected chi connectivity index (χ3v) is 4.93. The summed E-state index contributed by atoms with van der Waals surface area (Å²) in [6.07, 6.45) is 1.00. The predicted octanol–water partition coefficient (Wildman–Crippen LogP) is 1.68. The molecule has 0 spiro atoms. The van der Waals surface area contributed by atoms with E-state index in [0.29, 0.717) is 4.90 Å². The molecule has 3 nitrogen and oxygen atoms in total. The maximum absolute atomic E-state index is 11.8. The average molecular weight is 226 g/mol. The Bertz CT molecular complexity index is 441. The van der Waals surface area contributed by atoms with Gasteiger partial charge >= 0.3 is 0 Å². The molecule has 0 amide bonds. The molecule has 1 aliphatic rings. The zero-order valence-corrected chi connectivity index (χ0v) is 9.37. The van der Waals surface area contributed by atoms with Crippen LogP contribution in [0.1, 0.15) is 31.4 Å². The van der Waals surface area contributed by atoms with Crippen LogP contribution in [0.25, 0.3) is 0 Å². The number of aliphatic hydroxyl groups is 1. The van der Waals surface area contributed by atoms with Gasteiger partial charge in [0.05, 0.1) is 16.2 Å². The van der Waals surface area contributed by atoms with Crippen LogP contribution >= 0.6 is 0 Å². The standard InChI is InChI=1S/C11H14O3S/c1-8(12)9-2-4-10(5-3-9)15(13,14)11-6-7-11/h2-5,8,11-12H,6-7H2,1H3. The molecule has 82 valence electrons. The van der Waals surface area contributed by atoms with E-state index in [2.05, 4.69) is 0 Å². The van der Waals surface area contributed by atoms with E-state index in [-0.39, 0.29) is 5.25 Å². The molecule has 1 aromatic rings. The van der Waals surface area contributed by atoms with Gasteiger partial charge in [-0.05, 0) is 37.5 Å². The lowest BCUT2D eigenvalue weighted by molar-refractivity contribution is 0.199. The fourth-order valence-electron chi connectivity index (χ4n) is 1.51. The van der Waals surface area contributed by atoms with Gasteiger partial charge in [0.1, 0.15) is 0 Å². The molecule has 4 heteroatoms. The van der Waals surface area contributed by atoms with Gasteiger partial charge in [-0.1, -0.05) is 12.1 Å². The van der Waals surface area contributed by atoms with E-state index in [1.54, 1.807) is 31.2 Å². The first-order valence-corrected chi connectivity index (χ1v) is 6.58. The molecule has 1 saturated carbocycles. The molecule has 0 radical (unpaired) electrons. The lowest BCUT2D eigenvalue weighted by atomic mass is 10.1. The summed E-state index contributed by atoms with van der Waals surface area (Å²) in [6, 6.07) is 6.49. The number of rotatable bonds is 3. The number of hydrogen-bond acceptors (Lipinski definition) is 3. The molecule has 0 heterocycles. The molecule has 1 N–H and O–H groups in total. The van der Waals surface area contributed by atoms with Crippen LogP contribution in [0.15, 0.2) is 29.2 Å². The van der Waals surface area contributed by atoms with Gasteiger partial charge < -0.3 is 5.11 Å². The van der Waals surface area contributed by atoms with Crippen LogP contribution in [0.2, 0.25) is 0 Å². The van der Waals surface area contributed by atoms with Gasteiger partial charge in [0.25, 0.3) is 0 Å². The Labute approximate surface area is 89.7 Å². The van der Waals surface area contributed by atoms with E-state index in [1.807, 2.05) is 0 Å². The molecule has 0 saturated heterocycles. The van der Waals surface area contributed by atoms with Crippen molar-refractivity contribution in [3.05, 3.63) is 29.8 Å². The monoisotopic (exact) mass is 226 g/mol. The SMILES string of the molecule is CC(O)c1ccc(S(=O)(=O)C2CC2)cc1. The van der Waals surface area contributed by atoms with Crippen molar-refractivity contribution in [2.45, 2.75) is 36.0 Å². The zero-order valence-electron chi connectivity index (χ0n) is 8.55. The minimum atomic E-state index is -3.09. The molecule has 2 rings (SSSR count). The molecule has 0 aliphatic heterocycles. The van der Waals surface area contributed by atoms with Crippen molar-refractivity contribution in [3.8, 4) is 0 Å². The summed E-state index contributed by atoms with van der Waals surface area (Å²) in [5.74, 6) is 0. The van der Waals surface area contributed by atoms with Gasteiger partial charge in [0, 0.05) is 0 Å². The van der Waals surface area contributed by atoms with E-state index < -0.39 is 15.9 Å². The Hall–Kier alpha value is -0.870. The van der Waals surface area contributed by atoms with Crippen molar-refractivity contribution in [2.24, 2.45) is 0 Å². The van der Waals surface area contributed by atoms with Crippen molar-refractivity contribution >= 4 is 9.84 Å². The molecule has 1 aromatic carbocycles. The van der Waals surface area contributed by atoms with Crippen molar-refractivity contribution in [1.29, 1.82) is 0 Å². The first-order valence-electron chi connectivity index (χ1n) is 5.04. The number of aliphatic hydroxyl groups excluding tert-OH is 1. The van der Waals surface area contributed by atoms with Crippen molar-refractivity contribution in [3.63, 3.8) is 0 Å². The van der Waals surface area contributed by atoms with E-state index in [1.165, 1.54) is 0 Å². The summed E-state index contributed by atoms with van der Waals surface area (Å²) in [5, 5.41) is 9.12. The number of hydrogen-bond donors (Lipinski definition) is 1. The lowest BCUT2D eigenvalue weighted by Gasteiger charge is -2.06. The van der Waals surface area contributed by atoms with Crippen LogP contribution in [-0.4, -0.2) is 18.8 Å². The van der Waals surface area contributed by atoms with Crippen LogP contribution in [0, 0.1) is 0 Å². The van der Waals surface area contributed by atoms with Gasteiger partial charge in [-0.2, -0.15) is 0 Å². The maximum Gasteiger partial charge on any atom is 0.181 e. The average Bonchev–Trinajstić information content (AvgIpc) is 3.01. The van der Waals surface area contributed by atoms with Crippen LogP contribution in [0.5, 0.6) is 0 Å². The molecule has 1 aliphatic carbocycles. The Kier molecular flexibility index (Phi) is 2.56. The second-order valence-corrected chi connectivity index (χ2v) is 6.22. The van der Waals surface area contributed by atoms with Crippen LogP contribution in [0.3, 0.4) is 0 Å². The largest absolute Gasteiger partial charge is 0.389 e.